The van der Waals surface area contributed by atoms with Gasteiger partial charge in [-0.1, -0.05) is 6.07 Å². The van der Waals surface area contributed by atoms with E-state index in [1.165, 1.54) is 0 Å². The van der Waals surface area contributed by atoms with Gasteiger partial charge in [-0.2, -0.15) is 0 Å². The van der Waals surface area contributed by atoms with E-state index in [-0.39, 0.29) is 5.54 Å². The Hall–Kier alpha value is -1.09. The molecule has 0 saturated heterocycles. The van der Waals surface area contributed by atoms with E-state index in [0.29, 0.717) is 6.54 Å². The molecule has 1 rings (SSSR count). The Morgan fingerprint density at radius 2 is 2.08 bits per heavy atom. The normalized spacial score (nSPS) is 11.4. The van der Waals surface area contributed by atoms with Crippen LogP contribution in [0.15, 0.2) is 18.2 Å². The average molecular weight is 179 g/mol. The highest BCUT2D eigenvalue weighted by Gasteiger charge is 2.09. The molecule has 1 aromatic heterocycles. The monoisotopic (exact) mass is 179 g/mol. The fourth-order valence-corrected chi connectivity index (χ4v) is 1.05. The number of anilines is 1. The first-order chi connectivity index (χ1) is 6.01. The van der Waals surface area contributed by atoms with Gasteiger partial charge in [-0.3, -0.25) is 0 Å². The number of rotatable bonds is 2. The summed E-state index contributed by atoms with van der Waals surface area (Å²) in [6.07, 6.45) is 0. The topological polar surface area (TPSA) is 50.9 Å². The lowest BCUT2D eigenvalue weighted by Crippen LogP contribution is -2.26. The summed E-state index contributed by atoms with van der Waals surface area (Å²) in [5.41, 5.74) is 6.45. The second-order valence-corrected chi connectivity index (χ2v) is 4.09. The third kappa shape index (κ3) is 3.42. The van der Waals surface area contributed by atoms with Crippen molar-refractivity contribution < 1.29 is 0 Å². The molecule has 0 aromatic carbocycles. The van der Waals surface area contributed by atoms with Gasteiger partial charge in [0.15, 0.2) is 0 Å². The molecular weight excluding hydrogens is 162 g/mol. The van der Waals surface area contributed by atoms with Crippen molar-refractivity contribution in [2.45, 2.75) is 32.9 Å². The van der Waals surface area contributed by atoms with Gasteiger partial charge in [0.25, 0.3) is 0 Å². The third-order valence-corrected chi connectivity index (χ3v) is 1.52. The summed E-state index contributed by atoms with van der Waals surface area (Å²) in [6, 6.07) is 5.83. The summed E-state index contributed by atoms with van der Waals surface area (Å²) in [5.74, 6) is 0.885. The average Bonchev–Trinajstić information content (AvgIpc) is 2.01. The number of nitrogens with two attached hydrogens (primary N) is 1. The first-order valence-corrected chi connectivity index (χ1v) is 4.45. The Kier molecular flexibility index (Phi) is 2.88. The molecule has 1 heterocycles. The lowest BCUT2D eigenvalue weighted by Gasteiger charge is -2.21. The zero-order valence-corrected chi connectivity index (χ0v) is 8.46. The standard InChI is InChI=1S/C10H17N3/c1-10(2,3)13-9-6-4-5-8(7-11)12-9/h4-6H,7,11H2,1-3H3,(H,12,13). The van der Waals surface area contributed by atoms with Gasteiger partial charge in [-0.25, -0.2) is 4.98 Å². The molecular formula is C10H17N3. The van der Waals surface area contributed by atoms with Gasteiger partial charge in [-0.15, -0.1) is 0 Å². The molecule has 3 N–H and O–H groups in total. The molecule has 0 aliphatic carbocycles. The van der Waals surface area contributed by atoms with E-state index >= 15 is 0 Å². The molecule has 0 spiro atoms. The molecule has 0 unspecified atom stereocenters. The molecule has 72 valence electrons. The largest absolute Gasteiger partial charge is 0.365 e. The molecule has 3 heteroatoms. The van der Waals surface area contributed by atoms with Crippen LogP contribution >= 0.6 is 0 Å². The van der Waals surface area contributed by atoms with Crippen LogP contribution in [-0.4, -0.2) is 10.5 Å². The third-order valence-electron chi connectivity index (χ3n) is 1.52. The van der Waals surface area contributed by atoms with Crippen LogP contribution in [0.5, 0.6) is 0 Å². The van der Waals surface area contributed by atoms with Crippen LogP contribution in [0.2, 0.25) is 0 Å². The summed E-state index contributed by atoms with van der Waals surface area (Å²) in [6.45, 7) is 6.79. The van der Waals surface area contributed by atoms with Crippen LogP contribution in [0.3, 0.4) is 0 Å². The van der Waals surface area contributed by atoms with Crippen molar-refractivity contribution in [1.29, 1.82) is 0 Å². The maximum atomic E-state index is 5.49. The number of pyridine rings is 1. The minimum atomic E-state index is 0.0419. The lowest BCUT2D eigenvalue weighted by molar-refractivity contribution is 0.629. The minimum absolute atomic E-state index is 0.0419. The maximum absolute atomic E-state index is 5.49. The van der Waals surface area contributed by atoms with Crippen molar-refractivity contribution in [1.82, 2.24) is 4.98 Å². The summed E-state index contributed by atoms with van der Waals surface area (Å²) < 4.78 is 0. The van der Waals surface area contributed by atoms with Crippen molar-refractivity contribution in [2.75, 3.05) is 5.32 Å². The molecule has 1 aromatic rings. The Morgan fingerprint density at radius 1 is 1.38 bits per heavy atom. The van der Waals surface area contributed by atoms with Crippen molar-refractivity contribution >= 4 is 5.82 Å². The number of aromatic nitrogens is 1. The SMILES string of the molecule is CC(C)(C)Nc1cccc(CN)n1. The summed E-state index contributed by atoms with van der Waals surface area (Å²) >= 11 is 0. The van der Waals surface area contributed by atoms with E-state index in [9.17, 15) is 0 Å². The summed E-state index contributed by atoms with van der Waals surface area (Å²) in [7, 11) is 0. The number of nitrogens with one attached hydrogen (secondary N) is 1. The molecule has 0 aliphatic heterocycles. The van der Waals surface area contributed by atoms with Crippen molar-refractivity contribution in [2.24, 2.45) is 5.73 Å². The van der Waals surface area contributed by atoms with Gasteiger partial charge in [0, 0.05) is 12.1 Å². The molecule has 0 saturated carbocycles. The Morgan fingerprint density at radius 3 is 2.62 bits per heavy atom. The molecule has 13 heavy (non-hydrogen) atoms. The Balaban J connectivity index is 2.78. The molecule has 0 bridgehead atoms. The van der Waals surface area contributed by atoms with Gasteiger partial charge in [0.05, 0.1) is 5.69 Å². The summed E-state index contributed by atoms with van der Waals surface area (Å²) in [4.78, 5) is 4.34. The number of nitrogens with zero attached hydrogens (tertiary/aromatic N) is 1. The quantitative estimate of drug-likeness (QED) is 0.727. The van der Waals surface area contributed by atoms with Crippen LogP contribution in [0.25, 0.3) is 0 Å². The van der Waals surface area contributed by atoms with Crippen LogP contribution in [0.4, 0.5) is 5.82 Å². The molecule has 0 aliphatic rings. The van der Waals surface area contributed by atoms with Crippen molar-refractivity contribution in [3.63, 3.8) is 0 Å². The van der Waals surface area contributed by atoms with Crippen LogP contribution < -0.4 is 11.1 Å². The molecule has 0 radical (unpaired) electrons. The minimum Gasteiger partial charge on any atom is -0.365 e. The van der Waals surface area contributed by atoms with E-state index in [1.807, 2.05) is 18.2 Å². The van der Waals surface area contributed by atoms with Gasteiger partial charge >= 0.3 is 0 Å². The van der Waals surface area contributed by atoms with E-state index in [4.69, 9.17) is 5.73 Å². The van der Waals surface area contributed by atoms with E-state index in [0.717, 1.165) is 11.5 Å². The first-order valence-electron chi connectivity index (χ1n) is 4.45. The van der Waals surface area contributed by atoms with E-state index < -0.39 is 0 Å². The first kappa shape index (κ1) is 9.99. The summed E-state index contributed by atoms with van der Waals surface area (Å²) in [5, 5.41) is 3.29. The van der Waals surface area contributed by atoms with E-state index in [2.05, 4.69) is 31.1 Å². The maximum Gasteiger partial charge on any atom is 0.126 e. The zero-order valence-electron chi connectivity index (χ0n) is 8.46. The van der Waals surface area contributed by atoms with Crippen LogP contribution in [0, 0.1) is 0 Å². The molecule has 0 atom stereocenters. The highest BCUT2D eigenvalue weighted by atomic mass is 15.0. The fraction of sp³-hybridized carbons (Fsp3) is 0.500. The van der Waals surface area contributed by atoms with Gasteiger partial charge in [-0.05, 0) is 32.9 Å². The number of hydrogen-bond donors (Lipinski definition) is 2. The second kappa shape index (κ2) is 3.75. The second-order valence-electron chi connectivity index (χ2n) is 4.09. The predicted molar refractivity (Wildman–Crippen MR) is 55.5 cm³/mol. The fourth-order valence-electron chi connectivity index (χ4n) is 1.05. The molecule has 0 amide bonds. The highest BCUT2D eigenvalue weighted by molar-refractivity contribution is 5.37. The Labute approximate surface area is 79.4 Å². The van der Waals surface area contributed by atoms with Gasteiger partial charge in [0.2, 0.25) is 0 Å². The highest BCUT2D eigenvalue weighted by Crippen LogP contribution is 2.11. The lowest BCUT2D eigenvalue weighted by atomic mass is 10.1. The van der Waals surface area contributed by atoms with Crippen LogP contribution in [0.1, 0.15) is 26.5 Å². The van der Waals surface area contributed by atoms with Gasteiger partial charge < -0.3 is 11.1 Å². The smallest absolute Gasteiger partial charge is 0.126 e. The molecule has 3 nitrogen and oxygen atoms in total. The Bertz CT molecular complexity index is 276. The zero-order chi connectivity index (χ0) is 9.90. The van der Waals surface area contributed by atoms with E-state index in [1.54, 1.807) is 0 Å². The van der Waals surface area contributed by atoms with Gasteiger partial charge in [0.1, 0.15) is 5.82 Å². The molecule has 0 fully saturated rings. The van der Waals surface area contributed by atoms with Crippen LogP contribution in [-0.2, 0) is 6.54 Å². The van der Waals surface area contributed by atoms with Crippen molar-refractivity contribution in [3.8, 4) is 0 Å². The number of hydrogen-bond acceptors (Lipinski definition) is 3. The van der Waals surface area contributed by atoms with Crippen molar-refractivity contribution in [3.05, 3.63) is 23.9 Å². The predicted octanol–water partition coefficient (Wildman–Crippen LogP) is 1.75.